The first-order valence-electron chi connectivity index (χ1n) is 11.5. The molecule has 1 aliphatic heterocycles. The van der Waals surface area contributed by atoms with E-state index >= 15 is 0 Å². The number of cyclic esters (lactones) is 1. The van der Waals surface area contributed by atoms with Crippen molar-refractivity contribution in [2.75, 3.05) is 18.1 Å². The standard InChI is InChI=1S/C25H23ClN6O3/c1-15-5-8-27-16(11-15)13-32-21(18-4-3-17(12-19(18)26)31-9-10-34-24(31)33)30-20-22(32)28-14-29-23(20)35-25(2)6-7-25/h3-5,8,11-12,14H,6-7,9-10,13H2,1-2H3. The first kappa shape index (κ1) is 21.8. The molecule has 1 aromatic carbocycles. The van der Waals surface area contributed by atoms with Crippen molar-refractivity contribution in [3.05, 3.63) is 59.1 Å². The van der Waals surface area contributed by atoms with Gasteiger partial charge in [-0.05, 0) is 62.6 Å². The SMILES string of the molecule is Cc1ccnc(Cn2c(-c3ccc(N4CCOC4=O)cc3Cl)nc3c(OC4(C)CC4)ncnc32)c1. The highest BCUT2D eigenvalue weighted by Gasteiger charge is 2.41. The van der Waals surface area contributed by atoms with Crippen LogP contribution < -0.4 is 9.64 Å². The molecule has 35 heavy (non-hydrogen) atoms. The number of nitrogens with zero attached hydrogens (tertiary/aromatic N) is 6. The van der Waals surface area contributed by atoms with Crippen molar-refractivity contribution in [3.8, 4) is 17.3 Å². The lowest BCUT2D eigenvalue weighted by Crippen LogP contribution is -2.23. The highest BCUT2D eigenvalue weighted by atomic mass is 35.5. The molecule has 1 saturated carbocycles. The molecule has 4 heterocycles. The van der Waals surface area contributed by atoms with Crippen molar-refractivity contribution < 1.29 is 14.3 Å². The number of anilines is 1. The summed E-state index contributed by atoms with van der Waals surface area (Å²) in [7, 11) is 0. The molecule has 2 fully saturated rings. The fraction of sp³-hybridized carbons (Fsp3) is 0.320. The third-order valence-corrected chi connectivity index (χ3v) is 6.67. The Morgan fingerprint density at radius 3 is 2.74 bits per heavy atom. The summed E-state index contributed by atoms with van der Waals surface area (Å²) in [5.41, 5.74) is 4.36. The van der Waals surface area contributed by atoms with Crippen LogP contribution in [0.15, 0.2) is 42.9 Å². The van der Waals surface area contributed by atoms with Crippen molar-refractivity contribution in [2.24, 2.45) is 0 Å². The number of benzene rings is 1. The van der Waals surface area contributed by atoms with Gasteiger partial charge in [-0.25, -0.2) is 14.8 Å². The summed E-state index contributed by atoms with van der Waals surface area (Å²) in [6, 6.07) is 9.45. The molecule has 0 atom stereocenters. The molecular weight excluding hydrogens is 468 g/mol. The van der Waals surface area contributed by atoms with Crippen molar-refractivity contribution in [1.82, 2.24) is 24.5 Å². The number of hydrogen-bond donors (Lipinski definition) is 0. The fourth-order valence-electron chi connectivity index (χ4n) is 4.19. The van der Waals surface area contributed by atoms with Gasteiger partial charge in [0, 0.05) is 17.4 Å². The van der Waals surface area contributed by atoms with Crippen molar-refractivity contribution in [3.63, 3.8) is 0 Å². The van der Waals surface area contributed by atoms with Crippen LogP contribution in [0.5, 0.6) is 5.88 Å². The van der Waals surface area contributed by atoms with Crippen molar-refractivity contribution in [1.29, 1.82) is 0 Å². The number of carbonyl (C=O) groups is 1. The zero-order chi connectivity index (χ0) is 24.2. The summed E-state index contributed by atoms with van der Waals surface area (Å²) < 4.78 is 13.2. The normalized spacial score (nSPS) is 16.5. The smallest absolute Gasteiger partial charge is 0.414 e. The van der Waals surface area contributed by atoms with E-state index in [1.807, 2.05) is 35.8 Å². The van der Waals surface area contributed by atoms with Crippen LogP contribution in [0.1, 0.15) is 31.0 Å². The second-order valence-corrected chi connectivity index (χ2v) is 9.59. The molecule has 0 spiro atoms. The maximum absolute atomic E-state index is 12.0. The number of halogens is 1. The molecule has 10 heteroatoms. The number of ether oxygens (including phenoxy) is 2. The van der Waals surface area contributed by atoms with Gasteiger partial charge in [-0.3, -0.25) is 9.88 Å². The van der Waals surface area contributed by atoms with Crippen LogP contribution in [0.4, 0.5) is 10.5 Å². The third kappa shape index (κ3) is 4.05. The average molecular weight is 491 g/mol. The molecule has 1 amide bonds. The van der Waals surface area contributed by atoms with Gasteiger partial charge in [-0.15, -0.1) is 0 Å². The Bertz CT molecular complexity index is 1470. The minimum atomic E-state index is -0.378. The Morgan fingerprint density at radius 1 is 1.17 bits per heavy atom. The van der Waals surface area contributed by atoms with Gasteiger partial charge in [0.05, 0.1) is 23.8 Å². The topological polar surface area (TPSA) is 95.3 Å². The Kier molecular flexibility index (Phi) is 5.10. The minimum absolute atomic E-state index is 0.215. The lowest BCUT2D eigenvalue weighted by molar-refractivity contribution is 0.181. The van der Waals surface area contributed by atoms with Crippen LogP contribution in [-0.4, -0.2) is 49.3 Å². The van der Waals surface area contributed by atoms with Gasteiger partial charge in [-0.2, -0.15) is 4.98 Å². The van der Waals surface area contributed by atoms with E-state index in [0.717, 1.165) is 24.1 Å². The summed E-state index contributed by atoms with van der Waals surface area (Å²) in [6.45, 7) is 5.38. The summed E-state index contributed by atoms with van der Waals surface area (Å²) >= 11 is 6.76. The van der Waals surface area contributed by atoms with Crippen LogP contribution in [0.25, 0.3) is 22.6 Å². The predicted molar refractivity (Wildman–Crippen MR) is 131 cm³/mol. The van der Waals surface area contributed by atoms with E-state index in [9.17, 15) is 4.79 Å². The minimum Gasteiger partial charge on any atom is -0.470 e. The number of fused-ring (bicyclic) bond motifs is 1. The number of pyridine rings is 1. The summed E-state index contributed by atoms with van der Waals surface area (Å²) in [6.07, 6.45) is 4.87. The molecule has 2 aliphatic rings. The zero-order valence-corrected chi connectivity index (χ0v) is 20.1. The Hall–Kier alpha value is -3.72. The predicted octanol–water partition coefficient (Wildman–Crippen LogP) is 4.79. The monoisotopic (exact) mass is 490 g/mol. The van der Waals surface area contributed by atoms with E-state index in [-0.39, 0.29) is 11.7 Å². The maximum Gasteiger partial charge on any atom is 0.414 e. The molecule has 9 nitrogen and oxygen atoms in total. The Morgan fingerprint density at radius 2 is 2.03 bits per heavy atom. The first-order valence-corrected chi connectivity index (χ1v) is 11.8. The number of aromatic nitrogens is 5. The number of imidazole rings is 1. The average Bonchev–Trinajstić information content (AvgIpc) is 3.22. The van der Waals surface area contributed by atoms with Crippen LogP contribution >= 0.6 is 11.6 Å². The first-order chi connectivity index (χ1) is 16.9. The van der Waals surface area contributed by atoms with Gasteiger partial charge >= 0.3 is 6.09 Å². The van der Waals surface area contributed by atoms with Crippen molar-refractivity contribution >= 4 is 34.5 Å². The molecule has 178 valence electrons. The molecule has 1 saturated heterocycles. The molecule has 6 rings (SSSR count). The van der Waals surface area contributed by atoms with Crippen LogP contribution in [0.3, 0.4) is 0 Å². The zero-order valence-electron chi connectivity index (χ0n) is 19.4. The van der Waals surface area contributed by atoms with E-state index < -0.39 is 0 Å². The molecule has 0 N–H and O–H groups in total. The van der Waals surface area contributed by atoms with E-state index in [1.165, 1.54) is 6.33 Å². The number of amides is 1. The number of rotatable bonds is 6. The maximum atomic E-state index is 12.0. The van der Waals surface area contributed by atoms with Crippen LogP contribution in [-0.2, 0) is 11.3 Å². The van der Waals surface area contributed by atoms with Crippen LogP contribution in [0, 0.1) is 6.92 Å². The van der Waals surface area contributed by atoms with Gasteiger partial charge in [0.15, 0.2) is 11.2 Å². The highest BCUT2D eigenvalue weighted by Crippen LogP contribution is 2.41. The lowest BCUT2D eigenvalue weighted by atomic mass is 10.1. The third-order valence-electron chi connectivity index (χ3n) is 6.35. The molecule has 0 unspecified atom stereocenters. The summed E-state index contributed by atoms with van der Waals surface area (Å²) in [5.74, 6) is 1.08. The molecule has 0 bridgehead atoms. The summed E-state index contributed by atoms with van der Waals surface area (Å²) in [5, 5.41) is 0.459. The number of carbonyl (C=O) groups excluding carboxylic acids is 1. The fourth-order valence-corrected chi connectivity index (χ4v) is 4.45. The largest absolute Gasteiger partial charge is 0.470 e. The van der Waals surface area contributed by atoms with Gasteiger partial charge in [0.2, 0.25) is 5.88 Å². The lowest BCUT2D eigenvalue weighted by Gasteiger charge is -2.15. The number of hydrogen-bond acceptors (Lipinski definition) is 7. The van der Waals surface area contributed by atoms with Crippen LogP contribution in [0.2, 0.25) is 5.02 Å². The Balaban J connectivity index is 1.48. The molecular formula is C25H23ClN6O3. The molecule has 1 aliphatic carbocycles. The van der Waals surface area contributed by atoms with Gasteiger partial charge in [0.25, 0.3) is 0 Å². The Labute approximate surface area is 206 Å². The molecule has 3 aromatic heterocycles. The van der Waals surface area contributed by atoms with E-state index in [2.05, 4.69) is 21.9 Å². The van der Waals surface area contributed by atoms with Gasteiger partial charge < -0.3 is 14.0 Å². The second kappa shape index (κ2) is 8.20. The second-order valence-electron chi connectivity index (χ2n) is 9.18. The summed E-state index contributed by atoms with van der Waals surface area (Å²) in [4.78, 5) is 31.9. The van der Waals surface area contributed by atoms with E-state index in [0.29, 0.717) is 58.8 Å². The van der Waals surface area contributed by atoms with Crippen molar-refractivity contribution in [2.45, 2.75) is 38.8 Å². The van der Waals surface area contributed by atoms with E-state index in [1.54, 1.807) is 17.2 Å². The quantitative estimate of drug-likeness (QED) is 0.383. The number of aryl methyl sites for hydroxylation is 1. The van der Waals surface area contributed by atoms with Gasteiger partial charge in [-0.1, -0.05) is 11.6 Å². The van der Waals surface area contributed by atoms with E-state index in [4.69, 9.17) is 26.1 Å². The molecule has 0 radical (unpaired) electrons. The van der Waals surface area contributed by atoms with Gasteiger partial charge in [0.1, 0.15) is 24.4 Å². The highest BCUT2D eigenvalue weighted by molar-refractivity contribution is 6.33. The molecule has 4 aromatic rings.